The molecule has 110 valence electrons. The largest absolute Gasteiger partial charge is 0.381 e. The van der Waals surface area contributed by atoms with Gasteiger partial charge in [0.1, 0.15) is 5.54 Å². The van der Waals surface area contributed by atoms with E-state index in [1.54, 1.807) is 7.11 Å². The topological polar surface area (TPSA) is 73.6 Å². The lowest BCUT2D eigenvalue weighted by Crippen LogP contribution is -2.54. The van der Waals surface area contributed by atoms with Crippen molar-refractivity contribution in [3.63, 3.8) is 0 Å². The van der Waals surface area contributed by atoms with Gasteiger partial charge in [-0.3, -0.25) is 4.79 Å². The number of carbonyl (C=O) groups excluding carboxylic acids is 1. The van der Waals surface area contributed by atoms with E-state index in [-0.39, 0.29) is 12.0 Å². The van der Waals surface area contributed by atoms with Crippen LogP contribution in [0.1, 0.15) is 31.4 Å². The number of methoxy groups -OCH3 is 1. The van der Waals surface area contributed by atoms with Crippen molar-refractivity contribution in [3.05, 3.63) is 29.8 Å². The molecule has 20 heavy (non-hydrogen) atoms. The normalized spacial score (nSPS) is 19.4. The van der Waals surface area contributed by atoms with Gasteiger partial charge in [0.25, 0.3) is 0 Å². The highest BCUT2D eigenvalue weighted by atomic mass is 16.5. The smallest absolute Gasteiger partial charge is 0.244 e. The van der Waals surface area contributed by atoms with Crippen LogP contribution in [0.15, 0.2) is 24.3 Å². The van der Waals surface area contributed by atoms with Crippen LogP contribution in [-0.4, -0.2) is 31.8 Å². The zero-order valence-corrected chi connectivity index (χ0v) is 12.0. The molecule has 0 saturated carbocycles. The Balaban J connectivity index is 2.07. The third kappa shape index (κ3) is 3.36. The molecule has 1 atom stereocenters. The molecule has 1 amide bonds. The van der Waals surface area contributed by atoms with Crippen LogP contribution in [-0.2, 0) is 14.3 Å². The fraction of sp³-hybridized carbons (Fsp3) is 0.533. The molecular formula is C15H22N2O3. The Bertz CT molecular complexity index is 470. The van der Waals surface area contributed by atoms with Crippen molar-refractivity contribution >= 4 is 11.6 Å². The first-order valence-corrected chi connectivity index (χ1v) is 6.86. The molecule has 0 spiro atoms. The Morgan fingerprint density at radius 3 is 2.80 bits per heavy atom. The lowest BCUT2D eigenvalue weighted by atomic mass is 9.90. The summed E-state index contributed by atoms with van der Waals surface area (Å²) in [6, 6.07) is 7.63. The number of nitrogens with one attached hydrogen (secondary N) is 1. The maximum absolute atomic E-state index is 12.3. The van der Waals surface area contributed by atoms with Gasteiger partial charge < -0.3 is 20.5 Å². The third-order valence-electron chi connectivity index (χ3n) is 3.80. The first-order chi connectivity index (χ1) is 9.55. The first-order valence-electron chi connectivity index (χ1n) is 6.86. The van der Waals surface area contributed by atoms with Crippen LogP contribution in [0.4, 0.5) is 5.69 Å². The van der Waals surface area contributed by atoms with Crippen LogP contribution in [0, 0.1) is 0 Å². The van der Waals surface area contributed by atoms with E-state index in [0.717, 1.165) is 11.3 Å². The molecule has 1 aromatic rings. The lowest BCUT2D eigenvalue weighted by Gasteiger charge is -2.31. The minimum atomic E-state index is -0.832. The molecule has 5 nitrogen and oxygen atoms in total. The number of amides is 1. The summed E-state index contributed by atoms with van der Waals surface area (Å²) in [5.41, 5.74) is 7.09. The van der Waals surface area contributed by atoms with Crippen molar-refractivity contribution in [1.29, 1.82) is 0 Å². The highest BCUT2D eigenvalue weighted by Gasteiger charge is 2.35. The van der Waals surface area contributed by atoms with E-state index in [1.165, 1.54) is 0 Å². The molecule has 1 fully saturated rings. The SMILES string of the molecule is COC(C)c1cccc(NC(=O)C2(N)CCOCC2)c1. The minimum Gasteiger partial charge on any atom is -0.381 e. The van der Waals surface area contributed by atoms with Crippen molar-refractivity contribution in [1.82, 2.24) is 0 Å². The van der Waals surface area contributed by atoms with E-state index in [0.29, 0.717) is 26.1 Å². The Labute approximate surface area is 119 Å². The summed E-state index contributed by atoms with van der Waals surface area (Å²) < 4.78 is 10.5. The summed E-state index contributed by atoms with van der Waals surface area (Å²) in [6.07, 6.45) is 1.08. The van der Waals surface area contributed by atoms with Gasteiger partial charge in [-0.15, -0.1) is 0 Å². The maximum atomic E-state index is 12.3. The van der Waals surface area contributed by atoms with Crippen LogP contribution in [0.5, 0.6) is 0 Å². The zero-order chi connectivity index (χ0) is 14.6. The number of ether oxygens (including phenoxy) is 2. The predicted octanol–water partition coefficient (Wildman–Crippen LogP) is 1.84. The van der Waals surface area contributed by atoms with Gasteiger partial charge in [-0.1, -0.05) is 12.1 Å². The number of hydrogen-bond acceptors (Lipinski definition) is 4. The number of benzene rings is 1. The number of carbonyl (C=O) groups is 1. The maximum Gasteiger partial charge on any atom is 0.244 e. The summed E-state index contributed by atoms with van der Waals surface area (Å²) >= 11 is 0. The predicted molar refractivity (Wildman–Crippen MR) is 77.5 cm³/mol. The molecule has 1 aliphatic heterocycles. The molecular weight excluding hydrogens is 256 g/mol. The standard InChI is InChI=1S/C15H22N2O3/c1-11(19-2)12-4-3-5-13(10-12)17-14(18)15(16)6-8-20-9-7-15/h3-5,10-11H,6-9,16H2,1-2H3,(H,17,18). The van der Waals surface area contributed by atoms with E-state index in [4.69, 9.17) is 15.2 Å². The second-order valence-corrected chi connectivity index (χ2v) is 5.23. The number of rotatable bonds is 4. The van der Waals surface area contributed by atoms with Crippen molar-refractivity contribution in [2.24, 2.45) is 5.73 Å². The van der Waals surface area contributed by atoms with Crippen LogP contribution < -0.4 is 11.1 Å². The van der Waals surface area contributed by atoms with Gasteiger partial charge in [0.2, 0.25) is 5.91 Å². The van der Waals surface area contributed by atoms with E-state index in [2.05, 4.69) is 5.32 Å². The molecule has 1 aliphatic rings. The highest BCUT2D eigenvalue weighted by molar-refractivity contribution is 5.98. The molecule has 1 unspecified atom stereocenters. The quantitative estimate of drug-likeness (QED) is 0.881. The van der Waals surface area contributed by atoms with Crippen molar-refractivity contribution in [3.8, 4) is 0 Å². The van der Waals surface area contributed by atoms with E-state index < -0.39 is 5.54 Å². The summed E-state index contributed by atoms with van der Waals surface area (Å²) in [6.45, 7) is 3.03. The van der Waals surface area contributed by atoms with Crippen LogP contribution >= 0.6 is 0 Å². The van der Waals surface area contributed by atoms with Gasteiger partial charge in [-0.05, 0) is 37.5 Å². The molecule has 0 aromatic heterocycles. The molecule has 0 radical (unpaired) electrons. The summed E-state index contributed by atoms with van der Waals surface area (Å²) in [7, 11) is 1.66. The summed E-state index contributed by atoms with van der Waals surface area (Å²) in [5.74, 6) is -0.150. The highest BCUT2D eigenvalue weighted by Crippen LogP contribution is 2.23. The van der Waals surface area contributed by atoms with Crippen LogP contribution in [0.25, 0.3) is 0 Å². The Morgan fingerprint density at radius 2 is 2.15 bits per heavy atom. The number of hydrogen-bond donors (Lipinski definition) is 2. The third-order valence-corrected chi connectivity index (χ3v) is 3.80. The average Bonchev–Trinajstić information content (AvgIpc) is 2.47. The van der Waals surface area contributed by atoms with Crippen molar-refractivity contribution < 1.29 is 14.3 Å². The van der Waals surface area contributed by atoms with Crippen molar-refractivity contribution in [2.45, 2.75) is 31.4 Å². The number of anilines is 1. The summed E-state index contributed by atoms with van der Waals surface area (Å²) in [5, 5.41) is 2.90. The zero-order valence-electron chi connectivity index (χ0n) is 12.0. The number of nitrogens with two attached hydrogens (primary N) is 1. The molecule has 3 N–H and O–H groups in total. The molecule has 0 aliphatic carbocycles. The molecule has 1 saturated heterocycles. The molecule has 2 rings (SSSR count). The molecule has 1 aromatic carbocycles. The van der Waals surface area contributed by atoms with Crippen molar-refractivity contribution in [2.75, 3.05) is 25.6 Å². The lowest BCUT2D eigenvalue weighted by molar-refractivity contribution is -0.124. The van der Waals surface area contributed by atoms with Gasteiger partial charge in [0.15, 0.2) is 0 Å². The first kappa shape index (κ1) is 15.0. The average molecular weight is 278 g/mol. The van der Waals surface area contributed by atoms with Gasteiger partial charge in [-0.2, -0.15) is 0 Å². The second kappa shape index (κ2) is 6.35. The van der Waals surface area contributed by atoms with Gasteiger partial charge >= 0.3 is 0 Å². The Hall–Kier alpha value is -1.43. The Morgan fingerprint density at radius 1 is 1.45 bits per heavy atom. The van der Waals surface area contributed by atoms with Gasteiger partial charge in [-0.25, -0.2) is 0 Å². The van der Waals surface area contributed by atoms with Crippen LogP contribution in [0.3, 0.4) is 0 Å². The molecule has 0 bridgehead atoms. The fourth-order valence-electron chi connectivity index (χ4n) is 2.22. The second-order valence-electron chi connectivity index (χ2n) is 5.23. The molecule has 1 heterocycles. The molecule has 5 heteroatoms. The summed E-state index contributed by atoms with van der Waals surface area (Å²) in [4.78, 5) is 12.3. The monoisotopic (exact) mass is 278 g/mol. The van der Waals surface area contributed by atoms with E-state index in [1.807, 2.05) is 31.2 Å². The van der Waals surface area contributed by atoms with Gasteiger partial charge in [0.05, 0.1) is 6.10 Å². The van der Waals surface area contributed by atoms with E-state index >= 15 is 0 Å². The minimum absolute atomic E-state index is 0.0123. The Kier molecular flexibility index (Phi) is 4.75. The van der Waals surface area contributed by atoms with E-state index in [9.17, 15) is 4.79 Å². The fourth-order valence-corrected chi connectivity index (χ4v) is 2.22. The van der Waals surface area contributed by atoms with Gasteiger partial charge in [0, 0.05) is 26.0 Å². The van der Waals surface area contributed by atoms with Crippen LogP contribution in [0.2, 0.25) is 0 Å².